The molecule has 0 bridgehead atoms. The summed E-state index contributed by atoms with van der Waals surface area (Å²) >= 11 is 1.38. The highest BCUT2D eigenvalue weighted by atomic mass is 32.1. The SMILES string of the molecule is CNc1nc(-n2ccc(C(F)(F)F)n2)c2ccsc2n1. The lowest BCUT2D eigenvalue weighted by Gasteiger charge is -2.06. The smallest absolute Gasteiger partial charge is 0.357 e. The summed E-state index contributed by atoms with van der Waals surface area (Å²) in [4.78, 5) is 9.09. The van der Waals surface area contributed by atoms with E-state index in [1.807, 2.05) is 0 Å². The summed E-state index contributed by atoms with van der Waals surface area (Å²) in [6.07, 6.45) is -3.24. The Kier molecular flexibility index (Phi) is 2.85. The average molecular weight is 299 g/mol. The number of hydrogen-bond acceptors (Lipinski definition) is 5. The Morgan fingerprint density at radius 1 is 1.25 bits per heavy atom. The number of alkyl halides is 3. The zero-order valence-electron chi connectivity index (χ0n) is 10.1. The van der Waals surface area contributed by atoms with Gasteiger partial charge in [0.05, 0.1) is 5.39 Å². The van der Waals surface area contributed by atoms with E-state index in [2.05, 4.69) is 20.4 Å². The van der Waals surface area contributed by atoms with Gasteiger partial charge in [0.25, 0.3) is 0 Å². The molecule has 0 aromatic carbocycles. The molecule has 5 nitrogen and oxygen atoms in total. The van der Waals surface area contributed by atoms with Gasteiger partial charge in [-0.1, -0.05) is 0 Å². The summed E-state index contributed by atoms with van der Waals surface area (Å²) in [5.74, 6) is 0.648. The van der Waals surface area contributed by atoms with E-state index in [1.54, 1.807) is 18.5 Å². The van der Waals surface area contributed by atoms with Gasteiger partial charge in [-0.15, -0.1) is 11.3 Å². The monoisotopic (exact) mass is 299 g/mol. The molecule has 104 valence electrons. The zero-order valence-corrected chi connectivity index (χ0v) is 11.0. The van der Waals surface area contributed by atoms with Crippen LogP contribution in [0.4, 0.5) is 19.1 Å². The van der Waals surface area contributed by atoms with Gasteiger partial charge in [0.1, 0.15) is 4.83 Å². The van der Waals surface area contributed by atoms with Gasteiger partial charge < -0.3 is 5.32 Å². The van der Waals surface area contributed by atoms with E-state index in [-0.39, 0.29) is 0 Å². The fourth-order valence-corrected chi connectivity index (χ4v) is 2.48. The number of fused-ring (bicyclic) bond motifs is 1. The number of rotatable bonds is 2. The maximum Gasteiger partial charge on any atom is 0.435 e. The highest BCUT2D eigenvalue weighted by molar-refractivity contribution is 7.16. The van der Waals surface area contributed by atoms with Crippen molar-refractivity contribution in [3.8, 4) is 5.82 Å². The summed E-state index contributed by atoms with van der Waals surface area (Å²) in [5, 5.41) is 8.77. The van der Waals surface area contributed by atoms with Crippen LogP contribution < -0.4 is 5.32 Å². The van der Waals surface area contributed by atoms with Crippen molar-refractivity contribution >= 4 is 27.5 Å². The van der Waals surface area contributed by atoms with Crippen LogP contribution >= 0.6 is 11.3 Å². The second-order valence-electron chi connectivity index (χ2n) is 3.90. The molecule has 0 spiro atoms. The Balaban J connectivity index is 2.18. The van der Waals surface area contributed by atoms with Crippen molar-refractivity contribution < 1.29 is 13.2 Å². The Morgan fingerprint density at radius 2 is 2.05 bits per heavy atom. The number of thiophene rings is 1. The van der Waals surface area contributed by atoms with Gasteiger partial charge in [0.15, 0.2) is 11.5 Å². The Bertz CT molecular complexity index is 761. The molecule has 3 rings (SSSR count). The van der Waals surface area contributed by atoms with E-state index in [0.29, 0.717) is 22.0 Å². The van der Waals surface area contributed by atoms with Crippen LogP contribution in [0.25, 0.3) is 16.0 Å². The van der Waals surface area contributed by atoms with Gasteiger partial charge in [-0.2, -0.15) is 23.3 Å². The summed E-state index contributed by atoms with van der Waals surface area (Å²) in [5.41, 5.74) is -0.953. The topological polar surface area (TPSA) is 55.6 Å². The van der Waals surface area contributed by atoms with Gasteiger partial charge in [-0.25, -0.2) is 9.67 Å². The molecular formula is C11H8F3N5S. The third-order valence-corrected chi connectivity index (χ3v) is 3.43. The summed E-state index contributed by atoms with van der Waals surface area (Å²) in [6, 6.07) is 2.67. The van der Waals surface area contributed by atoms with Crippen molar-refractivity contribution in [2.75, 3.05) is 12.4 Å². The third-order valence-electron chi connectivity index (χ3n) is 2.63. The van der Waals surface area contributed by atoms with Crippen LogP contribution in [0.2, 0.25) is 0 Å². The molecule has 1 N–H and O–H groups in total. The molecule has 0 radical (unpaired) electrons. The lowest BCUT2D eigenvalue weighted by atomic mass is 10.4. The number of aromatic nitrogens is 4. The van der Waals surface area contributed by atoms with E-state index in [0.717, 1.165) is 10.7 Å². The largest absolute Gasteiger partial charge is 0.435 e. The Labute approximate surface area is 115 Å². The normalized spacial score (nSPS) is 12.0. The van der Waals surface area contributed by atoms with Gasteiger partial charge in [-0.3, -0.25) is 0 Å². The van der Waals surface area contributed by atoms with Crippen molar-refractivity contribution in [3.05, 3.63) is 29.4 Å². The lowest BCUT2D eigenvalue weighted by Crippen LogP contribution is -2.09. The van der Waals surface area contributed by atoms with Crippen molar-refractivity contribution in [2.24, 2.45) is 0 Å². The van der Waals surface area contributed by atoms with Crippen molar-refractivity contribution in [1.82, 2.24) is 19.7 Å². The van der Waals surface area contributed by atoms with Crippen LogP contribution in [-0.2, 0) is 6.18 Å². The number of anilines is 1. The molecule has 0 aliphatic rings. The summed E-state index contributed by atoms with van der Waals surface area (Å²) < 4.78 is 38.9. The molecule has 0 unspecified atom stereocenters. The molecule has 20 heavy (non-hydrogen) atoms. The van der Waals surface area contributed by atoms with Gasteiger partial charge in [0.2, 0.25) is 5.95 Å². The molecule has 9 heteroatoms. The van der Waals surface area contributed by atoms with Gasteiger partial charge >= 0.3 is 6.18 Å². The number of nitrogens with one attached hydrogen (secondary N) is 1. The Hall–Kier alpha value is -2.16. The van der Waals surface area contributed by atoms with Gasteiger partial charge in [-0.05, 0) is 17.5 Å². The molecule has 0 aliphatic heterocycles. The van der Waals surface area contributed by atoms with E-state index < -0.39 is 11.9 Å². The second kappa shape index (κ2) is 4.44. The van der Waals surface area contributed by atoms with Crippen LogP contribution in [0, 0.1) is 0 Å². The fourth-order valence-electron chi connectivity index (χ4n) is 1.72. The predicted molar refractivity (Wildman–Crippen MR) is 69.1 cm³/mol. The highest BCUT2D eigenvalue weighted by Gasteiger charge is 2.33. The van der Waals surface area contributed by atoms with E-state index in [9.17, 15) is 13.2 Å². The molecule has 0 amide bonds. The molecule has 3 heterocycles. The number of nitrogens with zero attached hydrogens (tertiary/aromatic N) is 4. The minimum Gasteiger partial charge on any atom is -0.357 e. The van der Waals surface area contributed by atoms with Crippen molar-refractivity contribution in [3.63, 3.8) is 0 Å². The molecule has 0 atom stereocenters. The minimum atomic E-state index is -4.47. The molecule has 3 aromatic rings. The fraction of sp³-hybridized carbons (Fsp3) is 0.182. The van der Waals surface area contributed by atoms with Crippen LogP contribution in [0.15, 0.2) is 23.7 Å². The standard InChI is InChI=1S/C11H8F3N5S/c1-15-10-16-8(6-3-5-20-9(6)17-10)19-4-2-7(18-19)11(12,13)14/h2-5H,1H3,(H,15,16,17). The molecule has 0 saturated carbocycles. The third kappa shape index (κ3) is 2.09. The first-order valence-electron chi connectivity index (χ1n) is 5.55. The predicted octanol–water partition coefficient (Wildman–Crippen LogP) is 2.94. The van der Waals surface area contributed by atoms with Crippen molar-refractivity contribution in [2.45, 2.75) is 6.18 Å². The van der Waals surface area contributed by atoms with Crippen LogP contribution in [-0.4, -0.2) is 26.8 Å². The van der Waals surface area contributed by atoms with Crippen LogP contribution in [0.5, 0.6) is 0 Å². The zero-order chi connectivity index (χ0) is 14.3. The molecular weight excluding hydrogens is 291 g/mol. The summed E-state index contributed by atoms with van der Waals surface area (Å²) in [7, 11) is 1.64. The van der Waals surface area contributed by atoms with Crippen molar-refractivity contribution in [1.29, 1.82) is 0 Å². The lowest BCUT2D eigenvalue weighted by molar-refractivity contribution is -0.141. The summed E-state index contributed by atoms with van der Waals surface area (Å²) in [6.45, 7) is 0. The average Bonchev–Trinajstić information content (AvgIpc) is 3.05. The Morgan fingerprint density at radius 3 is 2.70 bits per heavy atom. The molecule has 0 aliphatic carbocycles. The number of hydrogen-bond donors (Lipinski definition) is 1. The first kappa shape index (κ1) is 12.9. The molecule has 0 fully saturated rings. The first-order valence-corrected chi connectivity index (χ1v) is 6.43. The highest BCUT2D eigenvalue weighted by Crippen LogP contribution is 2.29. The minimum absolute atomic E-state index is 0.316. The maximum absolute atomic E-state index is 12.6. The van der Waals surface area contributed by atoms with E-state index in [4.69, 9.17) is 0 Å². The van der Waals surface area contributed by atoms with E-state index >= 15 is 0 Å². The molecule has 3 aromatic heterocycles. The number of halogens is 3. The van der Waals surface area contributed by atoms with E-state index in [1.165, 1.54) is 17.5 Å². The quantitative estimate of drug-likeness (QED) is 0.790. The van der Waals surface area contributed by atoms with Crippen LogP contribution in [0.1, 0.15) is 5.69 Å². The van der Waals surface area contributed by atoms with Crippen LogP contribution in [0.3, 0.4) is 0 Å². The second-order valence-corrected chi connectivity index (χ2v) is 4.80. The first-order chi connectivity index (χ1) is 9.49. The molecule has 0 saturated heterocycles. The van der Waals surface area contributed by atoms with Gasteiger partial charge in [0, 0.05) is 13.2 Å². The maximum atomic E-state index is 12.6.